The number of anilines is 1. The van der Waals surface area contributed by atoms with E-state index in [0.29, 0.717) is 5.92 Å². The molecule has 1 fully saturated rings. The standard InChI is InChI=1S/C18H19NO/c1-2-13-8-10-15(11-9-13)19-18(20)17-12-16(17)14-6-4-3-5-7-14/h3-11,16-17H,2,12H2,1H3,(H,19,20)/t16-,17-/m0/s1. The average Bonchev–Trinajstić information content (AvgIpc) is 3.29. The van der Waals surface area contributed by atoms with Crippen LogP contribution in [0.4, 0.5) is 5.69 Å². The molecular weight excluding hydrogens is 246 g/mol. The molecule has 1 amide bonds. The van der Waals surface area contributed by atoms with Gasteiger partial charge in [-0.3, -0.25) is 4.79 Å². The van der Waals surface area contributed by atoms with Crippen LogP contribution in [0.1, 0.15) is 30.4 Å². The minimum Gasteiger partial charge on any atom is -0.326 e. The predicted molar refractivity (Wildman–Crippen MR) is 81.7 cm³/mol. The maximum absolute atomic E-state index is 12.2. The summed E-state index contributed by atoms with van der Waals surface area (Å²) in [5.41, 5.74) is 3.46. The third-order valence-corrected chi connectivity index (χ3v) is 3.98. The predicted octanol–water partition coefficient (Wildman–Crippen LogP) is 3.99. The van der Waals surface area contributed by atoms with Gasteiger partial charge in [0.05, 0.1) is 0 Å². The molecule has 102 valence electrons. The Hall–Kier alpha value is -2.09. The second-order valence-corrected chi connectivity index (χ2v) is 5.40. The highest BCUT2D eigenvalue weighted by atomic mass is 16.2. The Labute approximate surface area is 119 Å². The highest BCUT2D eigenvalue weighted by molar-refractivity contribution is 5.95. The lowest BCUT2D eigenvalue weighted by atomic mass is 10.1. The van der Waals surface area contributed by atoms with Crippen LogP contribution in [-0.2, 0) is 11.2 Å². The molecule has 0 bridgehead atoms. The largest absolute Gasteiger partial charge is 0.326 e. The molecule has 1 saturated carbocycles. The maximum atomic E-state index is 12.2. The molecule has 0 aromatic heterocycles. The van der Waals surface area contributed by atoms with Crippen LogP contribution in [0.2, 0.25) is 0 Å². The summed E-state index contributed by atoms with van der Waals surface area (Å²) in [6, 6.07) is 18.4. The lowest BCUT2D eigenvalue weighted by molar-refractivity contribution is -0.117. The molecule has 2 atom stereocenters. The molecule has 2 heteroatoms. The topological polar surface area (TPSA) is 29.1 Å². The van der Waals surface area contributed by atoms with E-state index in [1.165, 1.54) is 11.1 Å². The Bertz CT molecular complexity index is 589. The molecule has 1 N–H and O–H groups in total. The van der Waals surface area contributed by atoms with E-state index >= 15 is 0 Å². The van der Waals surface area contributed by atoms with E-state index in [1.54, 1.807) is 0 Å². The van der Waals surface area contributed by atoms with E-state index < -0.39 is 0 Å². The molecule has 2 aromatic carbocycles. The van der Waals surface area contributed by atoms with Crippen LogP contribution in [-0.4, -0.2) is 5.91 Å². The van der Waals surface area contributed by atoms with E-state index in [0.717, 1.165) is 18.5 Å². The van der Waals surface area contributed by atoms with E-state index in [2.05, 4.69) is 36.5 Å². The highest BCUT2D eigenvalue weighted by Gasteiger charge is 2.43. The zero-order chi connectivity index (χ0) is 13.9. The van der Waals surface area contributed by atoms with Gasteiger partial charge in [-0.05, 0) is 42.0 Å². The molecule has 0 spiro atoms. The summed E-state index contributed by atoms with van der Waals surface area (Å²) in [5.74, 6) is 0.664. The van der Waals surface area contributed by atoms with Gasteiger partial charge in [-0.2, -0.15) is 0 Å². The average molecular weight is 265 g/mol. The smallest absolute Gasteiger partial charge is 0.228 e. The lowest BCUT2D eigenvalue weighted by Gasteiger charge is -2.06. The van der Waals surface area contributed by atoms with Crippen molar-refractivity contribution >= 4 is 11.6 Å². The monoisotopic (exact) mass is 265 g/mol. The van der Waals surface area contributed by atoms with Crippen LogP contribution in [0.5, 0.6) is 0 Å². The van der Waals surface area contributed by atoms with Gasteiger partial charge < -0.3 is 5.32 Å². The number of rotatable bonds is 4. The maximum Gasteiger partial charge on any atom is 0.228 e. The molecule has 0 saturated heterocycles. The van der Waals surface area contributed by atoms with Gasteiger partial charge in [0.1, 0.15) is 0 Å². The van der Waals surface area contributed by atoms with E-state index in [4.69, 9.17) is 0 Å². The van der Waals surface area contributed by atoms with Crippen LogP contribution in [0.3, 0.4) is 0 Å². The zero-order valence-electron chi connectivity index (χ0n) is 11.7. The molecule has 20 heavy (non-hydrogen) atoms. The Morgan fingerprint density at radius 2 is 1.80 bits per heavy atom. The van der Waals surface area contributed by atoms with Crippen molar-refractivity contribution in [3.8, 4) is 0 Å². The number of amides is 1. The minimum atomic E-state index is 0.128. The normalized spacial score (nSPS) is 20.4. The Morgan fingerprint density at radius 3 is 2.45 bits per heavy atom. The zero-order valence-corrected chi connectivity index (χ0v) is 11.7. The van der Waals surface area contributed by atoms with E-state index in [-0.39, 0.29) is 11.8 Å². The fraction of sp³-hybridized carbons (Fsp3) is 0.278. The second kappa shape index (κ2) is 5.49. The van der Waals surface area contributed by atoms with Gasteiger partial charge in [0, 0.05) is 11.6 Å². The van der Waals surface area contributed by atoms with Crippen molar-refractivity contribution in [1.29, 1.82) is 0 Å². The van der Waals surface area contributed by atoms with Crippen molar-refractivity contribution in [1.82, 2.24) is 0 Å². The van der Waals surface area contributed by atoms with Crippen LogP contribution in [0, 0.1) is 5.92 Å². The molecule has 1 aliphatic carbocycles. The quantitative estimate of drug-likeness (QED) is 0.889. The van der Waals surface area contributed by atoms with Crippen molar-refractivity contribution < 1.29 is 4.79 Å². The molecule has 0 heterocycles. The Morgan fingerprint density at radius 1 is 1.10 bits per heavy atom. The van der Waals surface area contributed by atoms with Crippen molar-refractivity contribution in [2.45, 2.75) is 25.7 Å². The number of carbonyl (C=O) groups excluding carboxylic acids is 1. The fourth-order valence-corrected chi connectivity index (χ4v) is 2.61. The summed E-state index contributed by atoms with van der Waals surface area (Å²) in [4.78, 5) is 12.2. The Kier molecular flexibility index (Phi) is 3.55. The van der Waals surface area contributed by atoms with Crippen molar-refractivity contribution in [3.05, 3.63) is 65.7 Å². The first-order valence-electron chi connectivity index (χ1n) is 7.22. The third kappa shape index (κ3) is 2.74. The minimum absolute atomic E-state index is 0.128. The van der Waals surface area contributed by atoms with Gasteiger partial charge in [0.2, 0.25) is 5.91 Å². The molecule has 2 aromatic rings. The van der Waals surface area contributed by atoms with E-state index in [1.807, 2.05) is 30.3 Å². The number of benzene rings is 2. The SMILES string of the molecule is CCc1ccc(NC(=O)[C@H]2C[C@H]2c2ccccc2)cc1. The molecule has 0 radical (unpaired) electrons. The number of nitrogens with one attached hydrogen (secondary N) is 1. The summed E-state index contributed by atoms with van der Waals surface area (Å²) in [6.45, 7) is 2.13. The second-order valence-electron chi connectivity index (χ2n) is 5.40. The van der Waals surface area contributed by atoms with Crippen LogP contribution in [0.25, 0.3) is 0 Å². The summed E-state index contributed by atoms with van der Waals surface area (Å²) >= 11 is 0. The van der Waals surface area contributed by atoms with Crippen molar-refractivity contribution in [2.75, 3.05) is 5.32 Å². The van der Waals surface area contributed by atoms with Gasteiger partial charge in [0.25, 0.3) is 0 Å². The van der Waals surface area contributed by atoms with Crippen LogP contribution < -0.4 is 5.32 Å². The number of hydrogen-bond acceptors (Lipinski definition) is 1. The fourth-order valence-electron chi connectivity index (χ4n) is 2.61. The molecule has 0 unspecified atom stereocenters. The van der Waals surface area contributed by atoms with Gasteiger partial charge in [-0.25, -0.2) is 0 Å². The first kappa shape index (κ1) is 12.9. The van der Waals surface area contributed by atoms with Gasteiger partial charge in [-0.1, -0.05) is 49.4 Å². The molecule has 2 nitrogen and oxygen atoms in total. The van der Waals surface area contributed by atoms with Crippen LogP contribution in [0.15, 0.2) is 54.6 Å². The Balaban J connectivity index is 1.61. The molecule has 0 aliphatic heterocycles. The molecule has 3 rings (SSSR count). The van der Waals surface area contributed by atoms with Crippen LogP contribution >= 0.6 is 0 Å². The number of hydrogen-bond donors (Lipinski definition) is 1. The lowest BCUT2D eigenvalue weighted by Crippen LogP contribution is -2.14. The first-order valence-corrected chi connectivity index (χ1v) is 7.22. The third-order valence-electron chi connectivity index (χ3n) is 3.98. The van der Waals surface area contributed by atoms with Crippen molar-refractivity contribution in [2.24, 2.45) is 5.92 Å². The summed E-state index contributed by atoms with van der Waals surface area (Å²) < 4.78 is 0. The summed E-state index contributed by atoms with van der Waals surface area (Å²) in [6.07, 6.45) is 1.98. The number of carbonyl (C=O) groups is 1. The summed E-state index contributed by atoms with van der Waals surface area (Å²) in [7, 11) is 0. The summed E-state index contributed by atoms with van der Waals surface area (Å²) in [5, 5.41) is 3.02. The van der Waals surface area contributed by atoms with Crippen molar-refractivity contribution in [3.63, 3.8) is 0 Å². The number of aryl methyl sites for hydroxylation is 1. The van der Waals surface area contributed by atoms with Gasteiger partial charge in [-0.15, -0.1) is 0 Å². The van der Waals surface area contributed by atoms with Gasteiger partial charge >= 0.3 is 0 Å². The highest BCUT2D eigenvalue weighted by Crippen LogP contribution is 2.47. The van der Waals surface area contributed by atoms with Gasteiger partial charge in [0.15, 0.2) is 0 Å². The molecular formula is C18H19NO. The first-order chi connectivity index (χ1) is 9.78. The van der Waals surface area contributed by atoms with E-state index in [9.17, 15) is 4.79 Å². The molecule has 1 aliphatic rings.